The molecular formula is C29H35F2N7O2. The summed E-state index contributed by atoms with van der Waals surface area (Å²) in [5, 5.41) is 3.01. The van der Waals surface area contributed by atoms with Gasteiger partial charge in [-0.3, -0.25) is 0 Å². The molecule has 1 fully saturated rings. The Kier molecular flexibility index (Phi) is 8.63. The highest BCUT2D eigenvalue weighted by molar-refractivity contribution is 5.83. The van der Waals surface area contributed by atoms with Crippen molar-refractivity contribution in [1.82, 2.24) is 29.4 Å². The van der Waals surface area contributed by atoms with Gasteiger partial charge < -0.3 is 24.3 Å². The quantitative estimate of drug-likeness (QED) is 0.279. The number of aryl methyl sites for hydroxylation is 1. The van der Waals surface area contributed by atoms with Crippen molar-refractivity contribution in [2.45, 2.75) is 52.4 Å². The average Bonchev–Trinajstić information content (AvgIpc) is 3.29. The highest BCUT2D eigenvalue weighted by atomic mass is 19.1. The molecule has 40 heavy (non-hydrogen) atoms. The number of nitrogens with one attached hydrogen (secondary N) is 1. The van der Waals surface area contributed by atoms with Gasteiger partial charge >= 0.3 is 0 Å². The van der Waals surface area contributed by atoms with Crippen molar-refractivity contribution in [1.29, 1.82) is 0 Å². The summed E-state index contributed by atoms with van der Waals surface area (Å²) in [7, 11) is 1.73. The van der Waals surface area contributed by atoms with Crippen molar-refractivity contribution in [2.24, 2.45) is 0 Å². The van der Waals surface area contributed by atoms with Crippen molar-refractivity contribution >= 4 is 22.8 Å². The molecule has 4 aromatic rings. The molecule has 9 nitrogen and oxygen atoms in total. The maximum absolute atomic E-state index is 15.0. The van der Waals surface area contributed by atoms with Gasteiger partial charge in [0.15, 0.2) is 11.6 Å². The molecule has 1 aliphatic rings. The lowest BCUT2D eigenvalue weighted by atomic mass is 10.1. The molecule has 0 radical (unpaired) electrons. The molecule has 11 heteroatoms. The second-order valence-corrected chi connectivity index (χ2v) is 10.4. The van der Waals surface area contributed by atoms with Crippen LogP contribution in [0.2, 0.25) is 0 Å². The molecule has 0 spiro atoms. The molecule has 1 N–H and O–H groups in total. The van der Waals surface area contributed by atoms with E-state index >= 15 is 0 Å². The Morgan fingerprint density at radius 2 is 1.85 bits per heavy atom. The van der Waals surface area contributed by atoms with Crippen LogP contribution in [0.15, 0.2) is 36.7 Å². The van der Waals surface area contributed by atoms with Crippen LogP contribution in [0.4, 0.5) is 20.5 Å². The lowest BCUT2D eigenvalue weighted by molar-refractivity contribution is -0.00620. The summed E-state index contributed by atoms with van der Waals surface area (Å²) in [5.74, 6) is 0.167. The molecule has 0 aliphatic carbocycles. The third-order valence-electron chi connectivity index (χ3n) is 7.16. The molecule has 1 saturated heterocycles. The molecule has 0 amide bonds. The van der Waals surface area contributed by atoms with Crippen LogP contribution in [-0.2, 0) is 16.1 Å². The fraction of sp³-hybridized carbons (Fsp3) is 0.448. The SMILES string of the molecule is COCCN1CCC(OCc2ccc(Nc3ncc(F)c(-c4cc(F)c5nc(C)n(C(C)C)c5c4)n3)nc2)CC1. The molecular weight excluding hydrogens is 516 g/mol. The Labute approximate surface area is 232 Å². The molecule has 0 unspecified atom stereocenters. The van der Waals surface area contributed by atoms with Gasteiger partial charge in [-0.2, -0.15) is 0 Å². The number of nitrogens with zero attached hydrogens (tertiary/aromatic N) is 6. The number of anilines is 2. The first-order valence-electron chi connectivity index (χ1n) is 13.6. The predicted octanol–water partition coefficient (Wildman–Crippen LogP) is 5.43. The highest BCUT2D eigenvalue weighted by Crippen LogP contribution is 2.30. The molecule has 1 aromatic carbocycles. The van der Waals surface area contributed by atoms with E-state index in [1.807, 2.05) is 31.4 Å². The van der Waals surface area contributed by atoms with E-state index in [9.17, 15) is 8.78 Å². The minimum absolute atomic E-state index is 0.00857. The summed E-state index contributed by atoms with van der Waals surface area (Å²) in [6.45, 7) is 10.0. The van der Waals surface area contributed by atoms with Crippen LogP contribution in [0.3, 0.4) is 0 Å². The van der Waals surface area contributed by atoms with Gasteiger partial charge in [0.2, 0.25) is 5.95 Å². The van der Waals surface area contributed by atoms with E-state index in [0.717, 1.165) is 50.8 Å². The number of methoxy groups -OCH3 is 1. The zero-order chi connectivity index (χ0) is 28.2. The number of pyridine rings is 1. The van der Waals surface area contributed by atoms with Gasteiger partial charge in [0.25, 0.3) is 0 Å². The largest absolute Gasteiger partial charge is 0.383 e. The molecule has 1 aliphatic heterocycles. The average molecular weight is 552 g/mol. The Hall–Kier alpha value is -3.54. The number of aromatic nitrogens is 5. The smallest absolute Gasteiger partial charge is 0.229 e. The summed E-state index contributed by atoms with van der Waals surface area (Å²) in [6, 6.07) is 6.75. The van der Waals surface area contributed by atoms with Gasteiger partial charge in [0, 0.05) is 44.5 Å². The Balaban J connectivity index is 1.25. The van der Waals surface area contributed by atoms with Crippen LogP contribution < -0.4 is 5.32 Å². The summed E-state index contributed by atoms with van der Waals surface area (Å²) in [6.07, 6.45) is 5.03. The zero-order valence-electron chi connectivity index (χ0n) is 23.3. The van der Waals surface area contributed by atoms with Crippen LogP contribution in [-0.4, -0.2) is 68.9 Å². The van der Waals surface area contributed by atoms with Gasteiger partial charge in [-0.1, -0.05) is 6.07 Å². The monoisotopic (exact) mass is 551 g/mol. The Morgan fingerprint density at radius 3 is 2.55 bits per heavy atom. The predicted molar refractivity (Wildman–Crippen MR) is 149 cm³/mol. The van der Waals surface area contributed by atoms with E-state index in [4.69, 9.17) is 9.47 Å². The Bertz CT molecular complexity index is 1450. The number of likely N-dealkylation sites (tertiary alicyclic amines) is 1. The fourth-order valence-corrected chi connectivity index (χ4v) is 5.12. The number of ether oxygens (including phenoxy) is 2. The van der Waals surface area contributed by atoms with Crippen LogP contribution >= 0.6 is 0 Å². The first kappa shape index (κ1) is 28.0. The molecule has 3 aromatic heterocycles. The van der Waals surface area contributed by atoms with Crippen LogP contribution in [0.1, 0.15) is 44.1 Å². The third kappa shape index (κ3) is 6.27. The normalized spacial score (nSPS) is 14.9. The lowest BCUT2D eigenvalue weighted by Crippen LogP contribution is -2.38. The number of rotatable bonds is 10. The lowest BCUT2D eigenvalue weighted by Gasteiger charge is -2.31. The molecule has 0 saturated carbocycles. The van der Waals surface area contributed by atoms with Crippen LogP contribution in [0, 0.1) is 18.6 Å². The summed E-state index contributed by atoms with van der Waals surface area (Å²) >= 11 is 0. The number of fused-ring (bicyclic) bond motifs is 1. The topological polar surface area (TPSA) is 90.2 Å². The van der Waals surface area contributed by atoms with Gasteiger partial charge in [-0.15, -0.1) is 0 Å². The van der Waals surface area contributed by atoms with E-state index in [0.29, 0.717) is 29.3 Å². The van der Waals surface area contributed by atoms with Gasteiger partial charge in [0.1, 0.15) is 22.9 Å². The fourth-order valence-electron chi connectivity index (χ4n) is 5.12. The molecule has 212 valence electrons. The highest BCUT2D eigenvalue weighted by Gasteiger charge is 2.20. The zero-order valence-corrected chi connectivity index (χ0v) is 23.3. The maximum Gasteiger partial charge on any atom is 0.229 e. The third-order valence-corrected chi connectivity index (χ3v) is 7.16. The van der Waals surface area contributed by atoms with Gasteiger partial charge in [-0.05, 0) is 57.4 Å². The van der Waals surface area contributed by atoms with Crippen molar-refractivity contribution in [3.63, 3.8) is 0 Å². The summed E-state index contributed by atoms with van der Waals surface area (Å²) in [5.41, 5.74) is 2.09. The number of piperidine rings is 1. The molecule has 0 atom stereocenters. The first-order valence-corrected chi connectivity index (χ1v) is 13.6. The van der Waals surface area contributed by atoms with Crippen molar-refractivity contribution in [3.8, 4) is 11.3 Å². The minimum Gasteiger partial charge on any atom is -0.383 e. The number of halogens is 2. The Morgan fingerprint density at radius 1 is 1.05 bits per heavy atom. The standard InChI is InChI=1S/C29H35F2N7O2/c1-18(2)38-19(3)34-28-23(30)13-21(14-25(28)38)27-24(31)16-33-29(36-27)35-26-6-5-20(15-32-26)17-40-22-7-9-37(10-8-22)11-12-39-4/h5-6,13-16,18,22H,7-12,17H2,1-4H3,(H,32,33,35,36). The van der Waals surface area contributed by atoms with Crippen molar-refractivity contribution < 1.29 is 18.3 Å². The number of hydrogen-bond donors (Lipinski definition) is 1. The van der Waals surface area contributed by atoms with Crippen LogP contribution in [0.5, 0.6) is 0 Å². The van der Waals surface area contributed by atoms with E-state index in [-0.39, 0.29) is 29.3 Å². The molecule has 0 bridgehead atoms. The van der Waals surface area contributed by atoms with Crippen molar-refractivity contribution in [3.05, 3.63) is 59.7 Å². The first-order chi connectivity index (χ1) is 19.3. The van der Waals surface area contributed by atoms with Crippen molar-refractivity contribution in [2.75, 3.05) is 38.7 Å². The maximum atomic E-state index is 15.0. The number of benzene rings is 1. The van der Waals surface area contributed by atoms with E-state index in [1.54, 1.807) is 25.4 Å². The van der Waals surface area contributed by atoms with Gasteiger partial charge in [-0.25, -0.2) is 28.7 Å². The summed E-state index contributed by atoms with van der Waals surface area (Å²) < 4.78 is 43.0. The van der Waals surface area contributed by atoms with E-state index < -0.39 is 11.6 Å². The van der Waals surface area contributed by atoms with Gasteiger partial charge in [0.05, 0.1) is 31.0 Å². The molecule has 4 heterocycles. The van der Waals surface area contributed by atoms with E-state index in [1.165, 1.54) is 6.07 Å². The van der Waals surface area contributed by atoms with Crippen LogP contribution in [0.25, 0.3) is 22.3 Å². The summed E-state index contributed by atoms with van der Waals surface area (Å²) in [4.78, 5) is 19.6. The number of imidazole rings is 1. The molecule has 5 rings (SSSR count). The number of hydrogen-bond acceptors (Lipinski definition) is 8. The minimum atomic E-state index is -0.651. The second kappa shape index (κ2) is 12.3. The van der Waals surface area contributed by atoms with E-state index in [2.05, 4.69) is 30.2 Å². The second-order valence-electron chi connectivity index (χ2n) is 10.4.